The number of rotatable bonds is 20. The molecule has 4 N–H and O–H groups in total. The molecule has 71 heavy (non-hydrogen) atoms. The van der Waals surface area contributed by atoms with Gasteiger partial charge in [0.15, 0.2) is 6.10 Å². The molecule has 4 aromatic rings. The van der Waals surface area contributed by atoms with Crippen LogP contribution in [-0.2, 0) is 48.7 Å². The second-order valence-corrected chi connectivity index (χ2v) is 19.6. The largest absolute Gasteiger partial charge is 0.490 e. The van der Waals surface area contributed by atoms with Crippen molar-refractivity contribution in [3.63, 3.8) is 0 Å². The molecule has 0 aliphatic rings. The van der Waals surface area contributed by atoms with E-state index in [0.29, 0.717) is 27.7 Å². The molecule has 0 spiro atoms. The molecule has 2 heterocycles. The van der Waals surface area contributed by atoms with Gasteiger partial charge in [0.1, 0.15) is 83.6 Å². The van der Waals surface area contributed by atoms with Crippen LogP contribution in [0.15, 0.2) is 64.2 Å². The van der Waals surface area contributed by atoms with E-state index in [-0.39, 0.29) is 45.5 Å². The van der Waals surface area contributed by atoms with Gasteiger partial charge in [-0.15, -0.1) is 0 Å². The van der Waals surface area contributed by atoms with Crippen LogP contribution in [0.5, 0.6) is 5.75 Å². The molecule has 22 heteroatoms. The lowest BCUT2D eigenvalue weighted by Gasteiger charge is -2.25. The van der Waals surface area contributed by atoms with Gasteiger partial charge < -0.3 is 49.4 Å². The van der Waals surface area contributed by atoms with Crippen LogP contribution in [0.2, 0.25) is 5.02 Å². The molecule has 3 amide bonds. The third-order valence-electron chi connectivity index (χ3n) is 9.54. The summed E-state index contributed by atoms with van der Waals surface area (Å²) in [6.45, 7) is 12.9. The third kappa shape index (κ3) is 17.5. The van der Waals surface area contributed by atoms with Gasteiger partial charge in [-0.25, -0.2) is 24.4 Å². The minimum absolute atomic E-state index is 0.0273. The Bertz CT molecular complexity index is 2650. The fourth-order valence-electron chi connectivity index (χ4n) is 6.11. The van der Waals surface area contributed by atoms with Crippen molar-refractivity contribution in [1.29, 1.82) is 10.5 Å². The lowest BCUT2D eigenvalue weighted by Crippen LogP contribution is -2.47. The first kappa shape index (κ1) is 56.2. The number of amides is 3. The van der Waals surface area contributed by atoms with Gasteiger partial charge in [-0.2, -0.15) is 10.5 Å². The fourth-order valence-corrected chi connectivity index (χ4v) is 7.11. The van der Waals surface area contributed by atoms with E-state index in [9.17, 15) is 39.3 Å². The van der Waals surface area contributed by atoms with E-state index in [1.54, 1.807) is 77.9 Å². The standard InChI is InChI=1S/C49H57ClN8O12S/c1-27(44(61)69-48(4,5)6)19-38(59)54-28(2)45(62)67-25-35(68-46(63)29(3)55-39(60)22-58(10)47(64)70-49(7,8)9)24-65-34-17-13-30(14-18-34)40-36(20-51)41(53)57-43(37(40)21-52)71-26-33-23-66-42(56-33)31-11-15-32(50)16-12-31/h11-18,23,27-29,35H,19,22,24-26H2,1-10H3,(H2,53,57)(H,54,59)(H,55,60)/t27?,28-,29-,35-/m0/s1. The number of carbonyl (C=O) groups is 6. The van der Waals surface area contributed by atoms with Crippen molar-refractivity contribution in [2.75, 3.05) is 32.5 Å². The molecule has 0 aliphatic heterocycles. The van der Waals surface area contributed by atoms with Crippen molar-refractivity contribution in [1.82, 2.24) is 25.5 Å². The number of hydrogen-bond donors (Lipinski definition) is 3. The number of nitrogen functional groups attached to an aromatic ring is 1. The van der Waals surface area contributed by atoms with Crippen LogP contribution in [-0.4, -0.2) is 107 Å². The molecule has 0 radical (unpaired) electrons. The zero-order valence-corrected chi connectivity index (χ0v) is 42.6. The van der Waals surface area contributed by atoms with E-state index in [1.807, 2.05) is 6.07 Å². The number of pyridine rings is 1. The predicted octanol–water partition coefficient (Wildman–Crippen LogP) is 6.75. The Morgan fingerprint density at radius 2 is 1.39 bits per heavy atom. The fraction of sp³-hybridized carbons (Fsp3) is 0.429. The van der Waals surface area contributed by atoms with Crippen molar-refractivity contribution in [3.05, 3.63) is 76.6 Å². The first-order valence-corrected chi connectivity index (χ1v) is 23.5. The molecule has 0 fully saturated rings. The Hall–Kier alpha value is -7.36. The topological polar surface area (TPSA) is 288 Å². The number of thioether (sulfide) groups is 1. The van der Waals surface area contributed by atoms with Gasteiger partial charge in [0.25, 0.3) is 0 Å². The summed E-state index contributed by atoms with van der Waals surface area (Å²) in [6, 6.07) is 14.9. The Labute approximate surface area is 420 Å². The van der Waals surface area contributed by atoms with E-state index in [0.717, 1.165) is 4.90 Å². The number of nitrogens with zero attached hydrogens (tertiary/aromatic N) is 5. The molecule has 0 saturated carbocycles. The Balaban J connectivity index is 1.48. The quantitative estimate of drug-likeness (QED) is 0.0468. The molecular formula is C49H57ClN8O12S. The van der Waals surface area contributed by atoms with Crippen LogP contribution in [0.3, 0.4) is 0 Å². The Morgan fingerprint density at radius 3 is 2.00 bits per heavy atom. The van der Waals surface area contributed by atoms with Gasteiger partial charge in [0.2, 0.25) is 17.7 Å². The van der Waals surface area contributed by atoms with Crippen LogP contribution in [0.25, 0.3) is 22.6 Å². The third-order valence-corrected chi connectivity index (χ3v) is 10.8. The van der Waals surface area contributed by atoms with Gasteiger partial charge in [0, 0.05) is 35.4 Å². The van der Waals surface area contributed by atoms with Gasteiger partial charge in [-0.3, -0.25) is 14.4 Å². The van der Waals surface area contributed by atoms with Gasteiger partial charge in [0.05, 0.1) is 17.2 Å². The highest BCUT2D eigenvalue weighted by atomic mass is 35.5. The number of nitrogens with two attached hydrogens (primary N) is 1. The molecule has 0 saturated heterocycles. The summed E-state index contributed by atoms with van der Waals surface area (Å²) in [6.07, 6.45) is -0.824. The number of nitriles is 2. The van der Waals surface area contributed by atoms with Gasteiger partial charge in [-0.1, -0.05) is 42.4 Å². The summed E-state index contributed by atoms with van der Waals surface area (Å²) in [7, 11) is 1.35. The number of likely N-dealkylation sites (N-methyl/N-ethyl adjacent to an activating group) is 1. The lowest BCUT2D eigenvalue weighted by molar-refractivity contribution is -0.164. The monoisotopic (exact) mass is 1020 g/mol. The highest BCUT2D eigenvalue weighted by molar-refractivity contribution is 7.98. The number of ether oxygens (including phenoxy) is 5. The highest BCUT2D eigenvalue weighted by Crippen LogP contribution is 2.37. The van der Waals surface area contributed by atoms with Gasteiger partial charge >= 0.3 is 24.0 Å². The number of halogens is 1. The van der Waals surface area contributed by atoms with E-state index < -0.39 is 90.9 Å². The highest BCUT2D eigenvalue weighted by Gasteiger charge is 2.29. The summed E-state index contributed by atoms with van der Waals surface area (Å²) in [4.78, 5) is 86.7. The molecule has 0 bridgehead atoms. The number of esters is 3. The van der Waals surface area contributed by atoms with E-state index in [1.165, 1.54) is 58.0 Å². The lowest BCUT2D eigenvalue weighted by atomic mass is 9.97. The summed E-state index contributed by atoms with van der Waals surface area (Å²) in [5.74, 6) is -3.81. The Morgan fingerprint density at radius 1 is 0.803 bits per heavy atom. The minimum atomic E-state index is -1.29. The minimum Gasteiger partial charge on any atom is -0.490 e. The summed E-state index contributed by atoms with van der Waals surface area (Å²) in [5, 5.41) is 26.2. The van der Waals surface area contributed by atoms with Crippen LogP contribution in [0.4, 0.5) is 10.6 Å². The first-order chi connectivity index (χ1) is 33.3. The predicted molar refractivity (Wildman–Crippen MR) is 260 cm³/mol. The van der Waals surface area contributed by atoms with Crippen molar-refractivity contribution < 1.29 is 56.9 Å². The molecule has 20 nitrogen and oxygen atoms in total. The average molecular weight is 1020 g/mol. The molecule has 1 unspecified atom stereocenters. The van der Waals surface area contributed by atoms with Crippen molar-refractivity contribution in [2.24, 2.45) is 5.92 Å². The first-order valence-electron chi connectivity index (χ1n) is 22.1. The number of carbonyl (C=O) groups excluding carboxylic acids is 6. The zero-order valence-electron chi connectivity index (χ0n) is 41.0. The van der Waals surface area contributed by atoms with Gasteiger partial charge in [-0.05, 0) is 97.4 Å². The molecular weight excluding hydrogens is 960 g/mol. The summed E-state index contributed by atoms with van der Waals surface area (Å²) in [5.41, 5.74) is 6.67. The average Bonchev–Trinajstić information content (AvgIpc) is 3.76. The molecule has 2 aromatic carbocycles. The number of nitrogens with one attached hydrogen (secondary N) is 2. The van der Waals surface area contributed by atoms with Crippen LogP contribution < -0.4 is 21.1 Å². The molecule has 4 atom stereocenters. The molecule has 4 rings (SSSR count). The SMILES string of the molecule is CC(CC(=O)N[C@@H](C)C(=O)OC[C@H](COc1ccc(-c2c(C#N)c(N)nc(SCc3coc(-c4ccc(Cl)cc4)n3)c2C#N)cc1)OC(=O)[C@H](C)NC(=O)CN(C)C(=O)OC(C)(C)C)C(=O)OC(C)(C)C. The Kier molecular flexibility index (Phi) is 19.8. The smallest absolute Gasteiger partial charge is 0.410 e. The maximum absolute atomic E-state index is 13.3. The maximum Gasteiger partial charge on any atom is 0.410 e. The summed E-state index contributed by atoms with van der Waals surface area (Å²) >= 11 is 7.18. The van der Waals surface area contributed by atoms with Crippen LogP contribution in [0.1, 0.15) is 85.6 Å². The van der Waals surface area contributed by atoms with Crippen molar-refractivity contribution in [3.8, 4) is 40.5 Å². The van der Waals surface area contributed by atoms with Crippen molar-refractivity contribution >= 4 is 65.0 Å². The molecule has 378 valence electrons. The normalized spacial score (nSPS) is 12.9. The molecule has 0 aliphatic carbocycles. The second-order valence-electron chi connectivity index (χ2n) is 18.2. The van der Waals surface area contributed by atoms with Crippen LogP contribution >= 0.6 is 23.4 Å². The zero-order chi connectivity index (χ0) is 52.8. The molecule has 2 aromatic heterocycles. The summed E-state index contributed by atoms with van der Waals surface area (Å²) < 4.78 is 33.3. The number of anilines is 1. The van der Waals surface area contributed by atoms with Crippen LogP contribution in [0, 0.1) is 28.6 Å². The second kappa shape index (κ2) is 25.0. The maximum atomic E-state index is 13.3. The number of aromatic nitrogens is 2. The van der Waals surface area contributed by atoms with Crippen molar-refractivity contribution in [2.45, 2.75) is 109 Å². The number of oxazole rings is 1. The van der Waals surface area contributed by atoms with E-state index >= 15 is 0 Å². The number of benzene rings is 2. The van der Waals surface area contributed by atoms with E-state index in [4.69, 9.17) is 45.4 Å². The van der Waals surface area contributed by atoms with E-state index in [2.05, 4.69) is 26.7 Å². The number of hydrogen-bond acceptors (Lipinski definition) is 18.